The Hall–Kier alpha value is -3.10. The van der Waals surface area contributed by atoms with Crippen LogP contribution in [0.15, 0.2) is 36.4 Å². The number of hydrogen-bond acceptors (Lipinski definition) is 4. The van der Waals surface area contributed by atoms with Crippen LogP contribution in [0.5, 0.6) is 5.88 Å². The summed E-state index contributed by atoms with van der Waals surface area (Å²) in [6.07, 6.45) is -0.993. The van der Waals surface area contributed by atoms with Gasteiger partial charge in [0.05, 0.1) is 22.7 Å². The number of hydrogen-bond donors (Lipinski definition) is 1. The molecule has 0 spiro atoms. The molecule has 0 aliphatic heterocycles. The fourth-order valence-corrected chi connectivity index (χ4v) is 4.28. The highest BCUT2D eigenvalue weighted by molar-refractivity contribution is 5.84. The van der Waals surface area contributed by atoms with Crippen LogP contribution in [0.4, 0.5) is 13.2 Å². The van der Waals surface area contributed by atoms with Gasteiger partial charge in [0.25, 0.3) is 5.91 Å². The molecule has 2 heterocycles. The predicted molar refractivity (Wildman–Crippen MR) is 113 cm³/mol. The van der Waals surface area contributed by atoms with Crippen LogP contribution in [-0.2, 0) is 18.0 Å². The topological polar surface area (TPSA) is 69.0 Å². The minimum absolute atomic E-state index is 0.00128. The Kier molecular flexibility index (Phi) is 6.08. The van der Waals surface area contributed by atoms with Crippen molar-refractivity contribution in [3.8, 4) is 5.88 Å². The summed E-state index contributed by atoms with van der Waals surface area (Å²) in [5.41, 5.74) is 0.634. The van der Waals surface area contributed by atoms with Crippen molar-refractivity contribution in [2.75, 3.05) is 6.61 Å². The fourth-order valence-electron chi connectivity index (χ4n) is 4.28. The molecule has 9 heteroatoms. The normalized spacial score (nSPS) is 15.8. The van der Waals surface area contributed by atoms with E-state index in [1.165, 1.54) is 4.68 Å². The van der Waals surface area contributed by atoms with E-state index in [2.05, 4.69) is 15.4 Å². The summed E-state index contributed by atoms with van der Waals surface area (Å²) in [4.78, 5) is 16.5. The van der Waals surface area contributed by atoms with Crippen LogP contribution < -0.4 is 10.1 Å². The lowest BCUT2D eigenvalue weighted by atomic mass is 9.99. The maximum absolute atomic E-state index is 13.9. The molecule has 1 fully saturated rings. The molecule has 1 amide bonds. The third kappa shape index (κ3) is 4.56. The van der Waals surface area contributed by atoms with Gasteiger partial charge in [-0.05, 0) is 25.3 Å². The first-order chi connectivity index (χ1) is 15.2. The number of aromatic nitrogens is 3. The lowest BCUT2D eigenvalue weighted by Crippen LogP contribution is -2.31. The van der Waals surface area contributed by atoms with Gasteiger partial charge in [-0.2, -0.15) is 23.3 Å². The molecule has 1 aliphatic carbocycles. The van der Waals surface area contributed by atoms with Crippen LogP contribution in [0.3, 0.4) is 0 Å². The van der Waals surface area contributed by atoms with E-state index in [0.717, 1.165) is 37.3 Å². The molecule has 1 saturated carbocycles. The van der Waals surface area contributed by atoms with Gasteiger partial charge in [-0.3, -0.25) is 9.48 Å². The second-order valence-corrected chi connectivity index (χ2v) is 8.18. The summed E-state index contributed by atoms with van der Waals surface area (Å²) >= 11 is 0. The number of carbonyl (C=O) groups excluding carboxylic acids is 1. The number of alkyl halides is 3. The molecule has 1 aliphatic rings. The van der Waals surface area contributed by atoms with E-state index in [0.29, 0.717) is 5.69 Å². The molecule has 4 rings (SSSR count). The number of benzene rings is 1. The second kappa shape index (κ2) is 8.80. The average molecular weight is 446 g/mol. The zero-order valence-corrected chi connectivity index (χ0v) is 17.9. The molecule has 0 radical (unpaired) electrons. The summed E-state index contributed by atoms with van der Waals surface area (Å²) in [5.74, 6) is -0.708. The minimum Gasteiger partial charge on any atom is -0.467 e. The van der Waals surface area contributed by atoms with Crippen molar-refractivity contribution in [1.29, 1.82) is 0 Å². The minimum atomic E-state index is -4.60. The van der Waals surface area contributed by atoms with Crippen molar-refractivity contribution in [2.24, 2.45) is 7.05 Å². The lowest BCUT2D eigenvalue weighted by Gasteiger charge is -2.15. The number of nitrogens with zero attached hydrogens (tertiary/aromatic N) is 3. The second-order valence-electron chi connectivity index (χ2n) is 8.18. The summed E-state index contributed by atoms with van der Waals surface area (Å²) < 4.78 is 48.5. The Morgan fingerprint density at radius 2 is 1.94 bits per heavy atom. The van der Waals surface area contributed by atoms with E-state index in [4.69, 9.17) is 4.74 Å². The van der Waals surface area contributed by atoms with E-state index in [9.17, 15) is 18.0 Å². The Bertz CT molecular complexity index is 1110. The van der Waals surface area contributed by atoms with Crippen LogP contribution >= 0.6 is 0 Å². The SMILES string of the molecule is C[C@H](NC(=O)COc1cc(C(F)(F)F)c2c(C3CCCC3)nn(C)c2n1)c1ccccc1. The van der Waals surface area contributed by atoms with Crippen molar-refractivity contribution in [2.45, 2.75) is 50.7 Å². The van der Waals surface area contributed by atoms with Crippen LogP contribution in [0.25, 0.3) is 11.0 Å². The van der Waals surface area contributed by atoms with Crippen LogP contribution in [0, 0.1) is 0 Å². The summed E-state index contributed by atoms with van der Waals surface area (Å²) in [5, 5.41) is 7.17. The Morgan fingerprint density at radius 1 is 1.25 bits per heavy atom. The first kappa shape index (κ1) is 22.1. The highest BCUT2D eigenvalue weighted by Gasteiger charge is 2.37. The van der Waals surface area contributed by atoms with Crippen LogP contribution in [0.1, 0.15) is 61.4 Å². The van der Waals surface area contributed by atoms with E-state index >= 15 is 0 Å². The summed E-state index contributed by atoms with van der Waals surface area (Å²) in [6, 6.07) is 9.95. The number of pyridine rings is 1. The van der Waals surface area contributed by atoms with Gasteiger partial charge in [0, 0.05) is 19.0 Å². The molecule has 0 saturated heterocycles. The van der Waals surface area contributed by atoms with Crippen molar-refractivity contribution in [1.82, 2.24) is 20.1 Å². The van der Waals surface area contributed by atoms with Gasteiger partial charge in [0.1, 0.15) is 0 Å². The largest absolute Gasteiger partial charge is 0.467 e. The fraction of sp³-hybridized carbons (Fsp3) is 0.435. The Morgan fingerprint density at radius 3 is 2.59 bits per heavy atom. The number of aryl methyl sites for hydroxylation is 1. The summed E-state index contributed by atoms with van der Waals surface area (Å²) in [7, 11) is 1.58. The van der Waals surface area contributed by atoms with Crippen molar-refractivity contribution in [3.63, 3.8) is 0 Å². The maximum atomic E-state index is 13.9. The molecule has 3 aromatic rings. The monoisotopic (exact) mass is 446 g/mol. The van der Waals surface area contributed by atoms with E-state index in [-0.39, 0.29) is 28.9 Å². The van der Waals surface area contributed by atoms with Gasteiger partial charge < -0.3 is 10.1 Å². The van der Waals surface area contributed by atoms with Gasteiger partial charge in [0.15, 0.2) is 12.3 Å². The van der Waals surface area contributed by atoms with E-state index in [1.54, 1.807) is 7.05 Å². The summed E-state index contributed by atoms with van der Waals surface area (Å²) in [6.45, 7) is 1.37. The molecule has 0 unspecified atom stereocenters. The number of nitrogens with one attached hydrogen (secondary N) is 1. The number of amides is 1. The molecule has 6 nitrogen and oxygen atoms in total. The Balaban J connectivity index is 1.57. The van der Waals surface area contributed by atoms with Gasteiger partial charge in [-0.25, -0.2) is 0 Å². The van der Waals surface area contributed by atoms with E-state index in [1.807, 2.05) is 37.3 Å². The smallest absolute Gasteiger partial charge is 0.417 e. The number of fused-ring (bicyclic) bond motifs is 1. The molecule has 2 aromatic heterocycles. The van der Waals surface area contributed by atoms with Gasteiger partial charge in [-0.1, -0.05) is 43.2 Å². The van der Waals surface area contributed by atoms with Gasteiger partial charge in [-0.15, -0.1) is 0 Å². The van der Waals surface area contributed by atoms with Gasteiger partial charge >= 0.3 is 6.18 Å². The van der Waals surface area contributed by atoms with Crippen LogP contribution in [0.2, 0.25) is 0 Å². The first-order valence-electron chi connectivity index (χ1n) is 10.7. The van der Waals surface area contributed by atoms with Crippen molar-refractivity contribution in [3.05, 3.63) is 53.2 Å². The molecule has 1 atom stereocenters. The molecule has 170 valence electrons. The quantitative estimate of drug-likeness (QED) is 0.585. The average Bonchev–Trinajstić information content (AvgIpc) is 3.40. The molecular weight excluding hydrogens is 421 g/mol. The lowest BCUT2D eigenvalue weighted by molar-refractivity contribution is -0.136. The molecule has 0 bridgehead atoms. The third-order valence-electron chi connectivity index (χ3n) is 5.87. The van der Waals surface area contributed by atoms with Crippen LogP contribution in [-0.4, -0.2) is 27.3 Å². The zero-order valence-electron chi connectivity index (χ0n) is 17.9. The number of ether oxygens (including phenoxy) is 1. The van der Waals surface area contributed by atoms with Gasteiger partial charge in [0.2, 0.25) is 5.88 Å². The third-order valence-corrected chi connectivity index (χ3v) is 5.87. The number of halogens is 3. The molecular formula is C23H25F3N4O2. The Labute approximate surface area is 183 Å². The standard InChI is InChI=1S/C23H25F3N4O2/c1-14(15-8-4-3-5-9-15)27-18(31)13-32-19-12-17(23(24,25)26)20-21(16-10-6-7-11-16)29-30(2)22(20)28-19/h3-5,8-9,12,14,16H,6-7,10-11,13H2,1-2H3,(H,27,31)/t14-/m0/s1. The highest BCUT2D eigenvalue weighted by atomic mass is 19.4. The number of rotatable bonds is 6. The molecule has 32 heavy (non-hydrogen) atoms. The maximum Gasteiger partial charge on any atom is 0.417 e. The van der Waals surface area contributed by atoms with E-state index < -0.39 is 24.3 Å². The number of carbonyl (C=O) groups is 1. The van der Waals surface area contributed by atoms with Crippen molar-refractivity contribution >= 4 is 16.9 Å². The zero-order chi connectivity index (χ0) is 22.9. The highest BCUT2D eigenvalue weighted by Crippen LogP contribution is 2.42. The predicted octanol–water partition coefficient (Wildman–Crippen LogP) is 4.90. The first-order valence-corrected chi connectivity index (χ1v) is 10.7. The molecule has 1 N–H and O–H groups in total. The van der Waals surface area contributed by atoms with Crippen molar-refractivity contribution < 1.29 is 22.7 Å². The molecule has 1 aromatic carbocycles.